The van der Waals surface area contributed by atoms with Gasteiger partial charge in [0.25, 0.3) is 6.43 Å². The molecule has 7 heteroatoms. The van der Waals surface area contributed by atoms with Crippen LogP contribution in [-0.4, -0.2) is 37.1 Å². The second kappa shape index (κ2) is 9.27. The molecule has 5 nitrogen and oxygen atoms in total. The van der Waals surface area contributed by atoms with Crippen molar-refractivity contribution in [2.24, 2.45) is 11.7 Å². The van der Waals surface area contributed by atoms with E-state index in [9.17, 15) is 18.4 Å². The Bertz CT molecular complexity index is 598. The molecule has 0 aromatic heterocycles. The number of benzene rings is 1. The SMILES string of the molecule is CCOC(=O)C(C(=O)OCC)C(N)(/C=C/c1ccc(C)cc1)C(F)F. The summed E-state index contributed by atoms with van der Waals surface area (Å²) in [6, 6.07) is 7.02. The van der Waals surface area contributed by atoms with Crippen LogP contribution < -0.4 is 5.73 Å². The Hall–Kier alpha value is -2.28. The Balaban J connectivity index is 3.26. The maximum absolute atomic E-state index is 13.7. The van der Waals surface area contributed by atoms with Crippen LogP contribution in [-0.2, 0) is 19.1 Å². The predicted molar refractivity (Wildman–Crippen MR) is 89.9 cm³/mol. The van der Waals surface area contributed by atoms with Crippen LogP contribution in [0, 0.1) is 12.8 Å². The molecule has 0 saturated carbocycles. The molecule has 0 amide bonds. The third-order valence-electron chi connectivity index (χ3n) is 3.56. The summed E-state index contributed by atoms with van der Waals surface area (Å²) in [6.45, 7) is 4.74. The van der Waals surface area contributed by atoms with E-state index < -0.39 is 29.8 Å². The second-order valence-electron chi connectivity index (χ2n) is 5.48. The molecule has 1 rings (SSSR count). The van der Waals surface area contributed by atoms with Gasteiger partial charge < -0.3 is 15.2 Å². The van der Waals surface area contributed by atoms with Crippen molar-refractivity contribution in [3.63, 3.8) is 0 Å². The van der Waals surface area contributed by atoms with Crippen molar-refractivity contribution in [1.82, 2.24) is 0 Å². The van der Waals surface area contributed by atoms with E-state index in [2.05, 4.69) is 0 Å². The molecule has 0 aliphatic heterocycles. The van der Waals surface area contributed by atoms with Crippen molar-refractivity contribution in [2.45, 2.75) is 32.7 Å². The van der Waals surface area contributed by atoms with E-state index >= 15 is 0 Å². The van der Waals surface area contributed by atoms with Gasteiger partial charge in [-0.25, -0.2) is 8.78 Å². The van der Waals surface area contributed by atoms with E-state index in [0.717, 1.165) is 11.6 Å². The van der Waals surface area contributed by atoms with E-state index in [0.29, 0.717) is 5.56 Å². The van der Waals surface area contributed by atoms with Crippen LogP contribution in [0.3, 0.4) is 0 Å². The number of nitrogens with two attached hydrogens (primary N) is 1. The third kappa shape index (κ3) is 5.35. The molecule has 0 saturated heterocycles. The van der Waals surface area contributed by atoms with Crippen molar-refractivity contribution >= 4 is 18.0 Å². The topological polar surface area (TPSA) is 78.6 Å². The molecule has 1 atom stereocenters. The van der Waals surface area contributed by atoms with Gasteiger partial charge >= 0.3 is 11.9 Å². The van der Waals surface area contributed by atoms with Crippen molar-refractivity contribution in [3.8, 4) is 0 Å². The molecule has 0 radical (unpaired) electrons. The summed E-state index contributed by atoms with van der Waals surface area (Å²) in [7, 11) is 0. The monoisotopic (exact) mass is 355 g/mol. The number of halogens is 2. The first-order valence-electron chi connectivity index (χ1n) is 7.92. The second-order valence-corrected chi connectivity index (χ2v) is 5.48. The minimum absolute atomic E-state index is 0.0737. The van der Waals surface area contributed by atoms with Crippen molar-refractivity contribution in [2.75, 3.05) is 13.2 Å². The van der Waals surface area contributed by atoms with Crippen LogP contribution in [0.25, 0.3) is 6.08 Å². The normalized spacial score (nSPS) is 13.9. The first-order valence-corrected chi connectivity index (χ1v) is 7.92. The molecule has 1 aromatic rings. The van der Waals surface area contributed by atoms with Crippen LogP contribution in [0.1, 0.15) is 25.0 Å². The van der Waals surface area contributed by atoms with Crippen LogP contribution in [0.15, 0.2) is 30.3 Å². The minimum Gasteiger partial charge on any atom is -0.465 e. The lowest BCUT2D eigenvalue weighted by Gasteiger charge is -2.31. The quantitative estimate of drug-likeness (QED) is 0.573. The van der Waals surface area contributed by atoms with Crippen molar-refractivity contribution in [3.05, 3.63) is 41.5 Å². The number of alkyl halides is 2. The number of hydrogen-bond donors (Lipinski definition) is 1. The van der Waals surface area contributed by atoms with E-state index in [-0.39, 0.29) is 13.2 Å². The molecule has 25 heavy (non-hydrogen) atoms. The number of hydrogen-bond acceptors (Lipinski definition) is 5. The maximum atomic E-state index is 13.7. The van der Waals surface area contributed by atoms with Gasteiger partial charge in [-0.3, -0.25) is 9.59 Å². The average molecular weight is 355 g/mol. The van der Waals surface area contributed by atoms with E-state index in [1.54, 1.807) is 24.3 Å². The first kappa shape index (κ1) is 20.8. The van der Waals surface area contributed by atoms with Gasteiger partial charge in [0.1, 0.15) is 5.54 Å². The lowest BCUT2D eigenvalue weighted by atomic mass is 9.84. The number of ether oxygens (including phenoxy) is 2. The summed E-state index contributed by atoms with van der Waals surface area (Å²) in [6.07, 6.45) is -0.884. The summed E-state index contributed by atoms with van der Waals surface area (Å²) >= 11 is 0. The van der Waals surface area contributed by atoms with Gasteiger partial charge in [-0.05, 0) is 26.3 Å². The Kier molecular flexibility index (Phi) is 7.70. The number of rotatable bonds is 8. The van der Waals surface area contributed by atoms with Gasteiger partial charge in [0.15, 0.2) is 5.92 Å². The molecule has 0 fully saturated rings. The lowest BCUT2D eigenvalue weighted by molar-refractivity contribution is -0.167. The Morgan fingerprint density at radius 3 is 2.00 bits per heavy atom. The summed E-state index contributed by atoms with van der Waals surface area (Å²) in [4.78, 5) is 24.2. The standard InChI is InChI=1S/C18H23F2NO4/c1-4-24-15(22)14(16(23)25-5-2)18(21,17(19)20)11-10-13-8-6-12(3)7-9-13/h6-11,14,17H,4-5,21H2,1-3H3/b11-10+. The molecular weight excluding hydrogens is 332 g/mol. The first-order chi connectivity index (χ1) is 11.8. The van der Waals surface area contributed by atoms with Gasteiger partial charge in [0, 0.05) is 0 Å². The van der Waals surface area contributed by atoms with Crippen LogP contribution in [0.5, 0.6) is 0 Å². The molecule has 0 aliphatic carbocycles. The molecule has 138 valence electrons. The number of carbonyl (C=O) groups excluding carboxylic acids is 2. The molecule has 1 aromatic carbocycles. The number of aryl methyl sites for hydroxylation is 1. The Morgan fingerprint density at radius 1 is 1.12 bits per heavy atom. The van der Waals surface area contributed by atoms with Gasteiger partial charge in [0.05, 0.1) is 13.2 Å². The predicted octanol–water partition coefficient (Wildman–Crippen LogP) is 2.71. The maximum Gasteiger partial charge on any atom is 0.322 e. The average Bonchev–Trinajstić information content (AvgIpc) is 2.55. The van der Waals surface area contributed by atoms with E-state index in [1.165, 1.54) is 19.9 Å². The highest BCUT2D eigenvalue weighted by Gasteiger charge is 2.51. The number of esters is 2. The van der Waals surface area contributed by atoms with Crippen LogP contribution >= 0.6 is 0 Å². The molecule has 0 heterocycles. The zero-order chi connectivity index (χ0) is 19.0. The van der Waals surface area contributed by atoms with E-state index in [1.807, 2.05) is 6.92 Å². The highest BCUT2D eigenvalue weighted by atomic mass is 19.3. The zero-order valence-electron chi connectivity index (χ0n) is 14.5. The van der Waals surface area contributed by atoms with E-state index in [4.69, 9.17) is 15.2 Å². The van der Waals surface area contributed by atoms with Crippen molar-refractivity contribution in [1.29, 1.82) is 0 Å². The van der Waals surface area contributed by atoms with Gasteiger partial charge in [-0.2, -0.15) is 0 Å². The minimum atomic E-state index is -3.19. The largest absolute Gasteiger partial charge is 0.465 e. The summed E-state index contributed by atoms with van der Waals surface area (Å²) in [5.41, 5.74) is 4.84. The fourth-order valence-corrected chi connectivity index (χ4v) is 2.17. The summed E-state index contributed by atoms with van der Waals surface area (Å²) in [5, 5.41) is 0. The molecular formula is C18H23F2NO4. The Morgan fingerprint density at radius 2 is 1.60 bits per heavy atom. The fraction of sp³-hybridized carbons (Fsp3) is 0.444. The van der Waals surface area contributed by atoms with Crippen LogP contribution in [0.2, 0.25) is 0 Å². The van der Waals surface area contributed by atoms with Gasteiger partial charge in [0.2, 0.25) is 0 Å². The van der Waals surface area contributed by atoms with Crippen LogP contribution in [0.4, 0.5) is 8.78 Å². The lowest BCUT2D eigenvalue weighted by Crippen LogP contribution is -2.58. The Labute approximate surface area is 145 Å². The summed E-state index contributed by atoms with van der Waals surface area (Å²) in [5.74, 6) is -4.25. The highest BCUT2D eigenvalue weighted by Crippen LogP contribution is 2.28. The van der Waals surface area contributed by atoms with Crippen molar-refractivity contribution < 1.29 is 27.8 Å². The molecule has 0 aliphatic rings. The third-order valence-corrected chi connectivity index (χ3v) is 3.56. The smallest absolute Gasteiger partial charge is 0.322 e. The number of carbonyl (C=O) groups is 2. The highest BCUT2D eigenvalue weighted by molar-refractivity contribution is 5.97. The fourth-order valence-electron chi connectivity index (χ4n) is 2.17. The molecule has 1 unspecified atom stereocenters. The van der Waals surface area contributed by atoms with Gasteiger partial charge in [-0.1, -0.05) is 42.0 Å². The molecule has 2 N–H and O–H groups in total. The molecule has 0 bridgehead atoms. The zero-order valence-corrected chi connectivity index (χ0v) is 14.5. The van der Waals surface area contributed by atoms with Gasteiger partial charge in [-0.15, -0.1) is 0 Å². The molecule has 0 spiro atoms. The summed E-state index contributed by atoms with van der Waals surface area (Å²) < 4.78 is 36.9.